The highest BCUT2D eigenvalue weighted by atomic mass is 35.5. The average Bonchev–Trinajstić information content (AvgIpc) is 2.76. The van der Waals surface area contributed by atoms with Gasteiger partial charge < -0.3 is 19.5 Å². The SMILES string of the molecule is CC.CC.CC(C)(C)OC(=O)CCCOCC1(O)CCN(c2ccc(Cl)nc2C=O)CC1. The second kappa shape index (κ2) is 15.2. The van der Waals surface area contributed by atoms with Crippen LogP contribution in [0.3, 0.4) is 0 Å². The maximum absolute atomic E-state index is 11.7. The number of nitrogens with zero attached hydrogens (tertiary/aromatic N) is 2. The molecule has 1 saturated heterocycles. The van der Waals surface area contributed by atoms with Gasteiger partial charge in [0, 0.05) is 26.1 Å². The van der Waals surface area contributed by atoms with Crippen molar-refractivity contribution < 1.29 is 24.2 Å². The number of carbonyl (C=O) groups is 2. The fraction of sp³-hybridized carbons (Fsp3) is 0.708. The smallest absolute Gasteiger partial charge is 0.306 e. The second-order valence-corrected chi connectivity index (χ2v) is 8.50. The van der Waals surface area contributed by atoms with E-state index >= 15 is 0 Å². The number of rotatable bonds is 8. The second-order valence-electron chi connectivity index (χ2n) is 8.11. The van der Waals surface area contributed by atoms with E-state index in [-0.39, 0.29) is 17.7 Å². The van der Waals surface area contributed by atoms with Crippen molar-refractivity contribution in [1.82, 2.24) is 4.98 Å². The number of hydrogen-bond donors (Lipinski definition) is 1. The molecule has 1 N–H and O–H groups in total. The van der Waals surface area contributed by atoms with Gasteiger partial charge in [0.1, 0.15) is 16.4 Å². The first kappa shape index (κ1) is 30.3. The van der Waals surface area contributed by atoms with Gasteiger partial charge in [-0.2, -0.15) is 0 Å². The van der Waals surface area contributed by atoms with E-state index in [4.69, 9.17) is 21.1 Å². The van der Waals surface area contributed by atoms with Crippen LogP contribution in [0, 0.1) is 0 Å². The van der Waals surface area contributed by atoms with E-state index in [0.29, 0.717) is 57.4 Å². The molecule has 1 aliphatic rings. The molecular weight excluding hydrogens is 432 g/mol. The minimum atomic E-state index is -0.913. The van der Waals surface area contributed by atoms with Crippen LogP contribution in [0.5, 0.6) is 0 Å². The van der Waals surface area contributed by atoms with E-state index in [2.05, 4.69) is 4.98 Å². The summed E-state index contributed by atoms with van der Waals surface area (Å²) in [7, 11) is 0. The first-order chi connectivity index (χ1) is 15.1. The molecule has 1 aromatic heterocycles. The zero-order chi connectivity index (χ0) is 24.8. The topological polar surface area (TPSA) is 89.0 Å². The molecule has 1 aliphatic heterocycles. The van der Waals surface area contributed by atoms with Crippen molar-refractivity contribution in [2.24, 2.45) is 0 Å². The fourth-order valence-corrected chi connectivity index (χ4v) is 3.23. The van der Waals surface area contributed by atoms with E-state index in [9.17, 15) is 14.7 Å². The first-order valence-electron chi connectivity index (χ1n) is 11.5. The number of ether oxygens (including phenoxy) is 2. The third kappa shape index (κ3) is 11.2. The summed E-state index contributed by atoms with van der Waals surface area (Å²) in [5.74, 6) is -0.245. The molecular formula is C24H41ClN2O5. The maximum atomic E-state index is 11.7. The standard InChI is InChI=1S/C20H29ClN2O5.2C2H6/c1-19(2,3)28-18(25)5-4-12-27-14-20(26)8-10-23(11-9-20)16-6-7-17(21)22-15(16)13-24;2*1-2/h6-7,13,26H,4-5,8-12,14H2,1-3H3;2*1-2H3. The summed E-state index contributed by atoms with van der Waals surface area (Å²) >= 11 is 5.84. The Labute approximate surface area is 198 Å². The summed E-state index contributed by atoms with van der Waals surface area (Å²) in [4.78, 5) is 28.9. The van der Waals surface area contributed by atoms with Gasteiger partial charge in [-0.3, -0.25) is 9.59 Å². The molecule has 2 rings (SSSR count). The predicted octanol–water partition coefficient (Wildman–Crippen LogP) is 5.07. The van der Waals surface area contributed by atoms with Gasteiger partial charge in [0.15, 0.2) is 6.29 Å². The minimum absolute atomic E-state index is 0.217. The number of aldehydes is 1. The Morgan fingerprint density at radius 1 is 1.22 bits per heavy atom. The zero-order valence-electron chi connectivity index (χ0n) is 20.7. The van der Waals surface area contributed by atoms with E-state index in [1.807, 2.05) is 53.4 Å². The highest BCUT2D eigenvalue weighted by Crippen LogP contribution is 2.28. The lowest BCUT2D eigenvalue weighted by atomic mass is 9.92. The van der Waals surface area contributed by atoms with E-state index < -0.39 is 11.2 Å². The van der Waals surface area contributed by atoms with E-state index in [1.165, 1.54) is 0 Å². The number of aromatic nitrogens is 1. The van der Waals surface area contributed by atoms with Crippen LogP contribution in [0.4, 0.5) is 5.69 Å². The zero-order valence-corrected chi connectivity index (χ0v) is 21.5. The Kier molecular flexibility index (Phi) is 14.4. The van der Waals surface area contributed by atoms with Crippen LogP contribution in [0.2, 0.25) is 5.15 Å². The molecule has 0 amide bonds. The summed E-state index contributed by atoms with van der Waals surface area (Å²) in [5.41, 5.74) is -0.371. The first-order valence-corrected chi connectivity index (χ1v) is 11.9. The third-order valence-electron chi connectivity index (χ3n) is 4.48. The van der Waals surface area contributed by atoms with Gasteiger partial charge in [0.05, 0.1) is 17.9 Å². The molecule has 0 bridgehead atoms. The molecule has 184 valence electrons. The van der Waals surface area contributed by atoms with Gasteiger partial charge in [-0.05, 0) is 52.2 Å². The van der Waals surface area contributed by atoms with Crippen LogP contribution in [0.25, 0.3) is 0 Å². The number of aliphatic hydroxyl groups is 1. The molecule has 0 radical (unpaired) electrons. The van der Waals surface area contributed by atoms with Crippen molar-refractivity contribution in [2.75, 3.05) is 31.2 Å². The molecule has 0 aliphatic carbocycles. The largest absolute Gasteiger partial charge is 0.460 e. The normalized spacial score (nSPS) is 15.0. The molecule has 0 saturated carbocycles. The van der Waals surface area contributed by atoms with Gasteiger partial charge in [-0.15, -0.1) is 0 Å². The van der Waals surface area contributed by atoms with Gasteiger partial charge in [-0.1, -0.05) is 39.3 Å². The van der Waals surface area contributed by atoms with Crippen LogP contribution in [0.15, 0.2) is 12.1 Å². The van der Waals surface area contributed by atoms with Gasteiger partial charge >= 0.3 is 5.97 Å². The Morgan fingerprint density at radius 2 is 1.81 bits per heavy atom. The quantitative estimate of drug-likeness (QED) is 0.244. The summed E-state index contributed by atoms with van der Waals surface area (Å²) in [6, 6.07) is 3.43. The number of carbonyl (C=O) groups excluding carboxylic acids is 2. The molecule has 7 nitrogen and oxygen atoms in total. The maximum Gasteiger partial charge on any atom is 0.306 e. The predicted molar refractivity (Wildman–Crippen MR) is 130 cm³/mol. The van der Waals surface area contributed by atoms with Crippen molar-refractivity contribution in [3.8, 4) is 0 Å². The number of piperidine rings is 1. The summed E-state index contributed by atoms with van der Waals surface area (Å²) in [5, 5.41) is 11.0. The lowest BCUT2D eigenvalue weighted by molar-refractivity contribution is -0.155. The highest BCUT2D eigenvalue weighted by Gasteiger charge is 2.33. The van der Waals surface area contributed by atoms with Crippen molar-refractivity contribution in [3.05, 3.63) is 23.0 Å². The van der Waals surface area contributed by atoms with Crippen LogP contribution in [-0.2, 0) is 14.3 Å². The molecule has 0 spiro atoms. The molecule has 2 heterocycles. The Balaban J connectivity index is 0.00000227. The number of hydrogen-bond acceptors (Lipinski definition) is 7. The molecule has 32 heavy (non-hydrogen) atoms. The average molecular weight is 473 g/mol. The molecule has 0 atom stereocenters. The van der Waals surface area contributed by atoms with Gasteiger partial charge in [-0.25, -0.2) is 4.98 Å². The molecule has 1 aromatic rings. The van der Waals surface area contributed by atoms with Gasteiger partial charge in [0.25, 0.3) is 0 Å². The van der Waals surface area contributed by atoms with Crippen LogP contribution >= 0.6 is 11.6 Å². The molecule has 0 aromatic carbocycles. The highest BCUT2D eigenvalue weighted by molar-refractivity contribution is 6.29. The minimum Gasteiger partial charge on any atom is -0.460 e. The van der Waals surface area contributed by atoms with Gasteiger partial charge in [0.2, 0.25) is 0 Å². The molecule has 1 fully saturated rings. The van der Waals surface area contributed by atoms with Crippen molar-refractivity contribution in [1.29, 1.82) is 0 Å². The Bertz CT molecular complexity index is 683. The molecule has 8 heteroatoms. The number of pyridine rings is 1. The van der Waals surface area contributed by atoms with Crippen LogP contribution < -0.4 is 4.90 Å². The Morgan fingerprint density at radius 3 is 2.34 bits per heavy atom. The van der Waals surface area contributed by atoms with Crippen LogP contribution in [0.1, 0.15) is 84.6 Å². The third-order valence-corrected chi connectivity index (χ3v) is 4.69. The number of halogens is 1. The molecule has 0 unspecified atom stereocenters. The van der Waals surface area contributed by atoms with E-state index in [0.717, 1.165) is 5.69 Å². The number of anilines is 1. The fourth-order valence-electron chi connectivity index (χ4n) is 3.08. The van der Waals surface area contributed by atoms with Crippen molar-refractivity contribution in [2.45, 2.75) is 85.4 Å². The van der Waals surface area contributed by atoms with Crippen molar-refractivity contribution >= 4 is 29.5 Å². The summed E-state index contributed by atoms with van der Waals surface area (Å²) < 4.78 is 10.8. The summed E-state index contributed by atoms with van der Waals surface area (Å²) in [6.07, 6.45) is 2.56. The summed E-state index contributed by atoms with van der Waals surface area (Å²) in [6.45, 7) is 15.3. The number of esters is 1. The van der Waals surface area contributed by atoms with E-state index in [1.54, 1.807) is 12.1 Å². The Hall–Kier alpha value is -1.70. The van der Waals surface area contributed by atoms with Crippen molar-refractivity contribution in [3.63, 3.8) is 0 Å². The van der Waals surface area contributed by atoms with Crippen LogP contribution in [-0.4, -0.2) is 59.9 Å². The monoisotopic (exact) mass is 472 g/mol. The lowest BCUT2D eigenvalue weighted by Gasteiger charge is -2.39. The lowest BCUT2D eigenvalue weighted by Crippen LogP contribution is -2.47.